The highest BCUT2D eigenvalue weighted by Crippen LogP contribution is 2.32. The molecule has 1 aromatic carbocycles. The number of nitrogens with one attached hydrogen (secondary N) is 2. The lowest BCUT2D eigenvalue weighted by molar-refractivity contribution is -0.137. The average Bonchev–Trinajstić information content (AvgIpc) is 3.38. The van der Waals surface area contributed by atoms with Gasteiger partial charge in [0, 0.05) is 30.0 Å². The number of hydrogen-bond acceptors (Lipinski definition) is 7. The van der Waals surface area contributed by atoms with Gasteiger partial charge in [-0.15, -0.1) is 0 Å². The minimum Gasteiger partial charge on any atom is -0.343 e. The molecule has 2 N–H and O–H groups in total. The predicted molar refractivity (Wildman–Crippen MR) is 116 cm³/mol. The summed E-state index contributed by atoms with van der Waals surface area (Å²) >= 11 is 1.25. The molecule has 3 aromatic heterocycles. The van der Waals surface area contributed by atoms with Gasteiger partial charge in [-0.2, -0.15) is 18.4 Å². The molecule has 0 aliphatic rings. The van der Waals surface area contributed by atoms with Gasteiger partial charge in [0.15, 0.2) is 5.13 Å². The van der Waals surface area contributed by atoms with Crippen LogP contribution in [0.3, 0.4) is 0 Å². The fourth-order valence-electron chi connectivity index (χ4n) is 3.21. The Balaban J connectivity index is 1.48. The Morgan fingerprint density at radius 1 is 1.21 bits per heavy atom. The van der Waals surface area contributed by atoms with Crippen LogP contribution >= 0.6 is 11.3 Å². The number of nitrogens with zero attached hydrogens (tertiary/aromatic N) is 5. The van der Waals surface area contributed by atoms with Crippen molar-refractivity contribution in [1.29, 1.82) is 5.26 Å². The number of halogens is 3. The van der Waals surface area contributed by atoms with Gasteiger partial charge >= 0.3 is 6.18 Å². The first kappa shape index (κ1) is 22.2. The first-order chi connectivity index (χ1) is 15.7. The van der Waals surface area contributed by atoms with Crippen LogP contribution in [0.4, 0.5) is 24.0 Å². The molecule has 3 heterocycles. The molecule has 4 rings (SSSR count). The van der Waals surface area contributed by atoms with Crippen LogP contribution in [-0.4, -0.2) is 25.4 Å². The van der Waals surface area contributed by atoms with Crippen molar-refractivity contribution in [3.05, 3.63) is 64.7 Å². The van der Waals surface area contributed by atoms with Crippen LogP contribution in [0.25, 0.3) is 11.0 Å². The third-order valence-corrected chi connectivity index (χ3v) is 5.95. The van der Waals surface area contributed by atoms with Crippen molar-refractivity contribution >= 4 is 39.1 Å². The summed E-state index contributed by atoms with van der Waals surface area (Å²) in [5, 5.41) is 16.0. The maximum absolute atomic E-state index is 12.9. The van der Waals surface area contributed by atoms with Crippen molar-refractivity contribution < 1.29 is 18.0 Å². The Morgan fingerprint density at radius 3 is 2.61 bits per heavy atom. The number of rotatable bonds is 5. The van der Waals surface area contributed by atoms with Gasteiger partial charge in [0.25, 0.3) is 5.91 Å². The van der Waals surface area contributed by atoms with Crippen molar-refractivity contribution in [1.82, 2.24) is 24.8 Å². The summed E-state index contributed by atoms with van der Waals surface area (Å²) in [7, 11) is 1.73. The topological polar surface area (TPSA) is 109 Å². The zero-order valence-electron chi connectivity index (χ0n) is 17.3. The Labute approximate surface area is 189 Å². The Kier molecular flexibility index (Phi) is 5.73. The van der Waals surface area contributed by atoms with Gasteiger partial charge in [0.1, 0.15) is 23.7 Å². The maximum Gasteiger partial charge on any atom is 0.416 e. The SMILES string of the molecule is CC(NC(=O)c1ncnc2c1c(C#N)cn2C)c1cnc(Nc2ccc(C(F)(F)F)cc2)s1. The summed E-state index contributed by atoms with van der Waals surface area (Å²) in [5.41, 5.74) is 0.585. The smallest absolute Gasteiger partial charge is 0.343 e. The van der Waals surface area contributed by atoms with E-state index in [1.54, 1.807) is 30.9 Å². The standard InChI is InChI=1S/C21H16F3N7OS/c1-11(29-19(32)17-16-12(7-25)9-31(2)18(16)28-10-27-17)15-8-26-20(33-15)30-14-5-3-13(4-6-14)21(22,23)24/h3-6,8-11H,1-2H3,(H,26,30)(H,29,32). The fraction of sp³-hybridized carbons (Fsp3) is 0.190. The van der Waals surface area contributed by atoms with E-state index >= 15 is 0 Å². The van der Waals surface area contributed by atoms with E-state index in [0.29, 0.717) is 27.4 Å². The number of aryl methyl sites for hydroxylation is 1. The van der Waals surface area contributed by atoms with Gasteiger partial charge in [0.05, 0.1) is 22.6 Å². The number of aromatic nitrogens is 4. The summed E-state index contributed by atoms with van der Waals surface area (Å²) in [4.78, 5) is 26.0. The van der Waals surface area contributed by atoms with Gasteiger partial charge in [0.2, 0.25) is 0 Å². The van der Waals surface area contributed by atoms with E-state index in [-0.39, 0.29) is 5.69 Å². The van der Waals surface area contributed by atoms with Crippen LogP contribution in [0.5, 0.6) is 0 Å². The number of anilines is 2. The van der Waals surface area contributed by atoms with Gasteiger partial charge in [-0.25, -0.2) is 15.0 Å². The van der Waals surface area contributed by atoms with E-state index in [1.807, 2.05) is 6.07 Å². The molecule has 12 heteroatoms. The van der Waals surface area contributed by atoms with E-state index in [2.05, 4.69) is 25.6 Å². The lowest BCUT2D eigenvalue weighted by Crippen LogP contribution is -2.27. The molecule has 0 aliphatic heterocycles. The Morgan fingerprint density at radius 2 is 1.94 bits per heavy atom. The van der Waals surface area contributed by atoms with Crippen molar-refractivity contribution in [3.8, 4) is 6.07 Å². The molecule has 33 heavy (non-hydrogen) atoms. The van der Waals surface area contributed by atoms with E-state index in [0.717, 1.165) is 17.0 Å². The molecule has 0 fully saturated rings. The lowest BCUT2D eigenvalue weighted by Gasteiger charge is -2.12. The van der Waals surface area contributed by atoms with Crippen LogP contribution in [0.15, 0.2) is 43.0 Å². The van der Waals surface area contributed by atoms with E-state index < -0.39 is 23.7 Å². The largest absolute Gasteiger partial charge is 0.416 e. The Bertz CT molecular complexity index is 1370. The van der Waals surface area contributed by atoms with Crippen molar-refractivity contribution in [2.24, 2.45) is 7.05 Å². The second-order valence-electron chi connectivity index (χ2n) is 7.15. The molecule has 0 bridgehead atoms. The summed E-state index contributed by atoms with van der Waals surface area (Å²) in [5.74, 6) is -0.469. The van der Waals surface area contributed by atoms with Crippen molar-refractivity contribution in [2.75, 3.05) is 5.32 Å². The number of alkyl halides is 3. The minimum atomic E-state index is -4.40. The van der Waals surface area contributed by atoms with Crippen molar-refractivity contribution in [3.63, 3.8) is 0 Å². The summed E-state index contributed by atoms with van der Waals surface area (Å²) in [6, 6.07) is 6.23. The second-order valence-corrected chi connectivity index (χ2v) is 8.21. The molecule has 0 spiro atoms. The quantitative estimate of drug-likeness (QED) is 0.442. The molecule has 0 saturated heterocycles. The van der Waals surface area contributed by atoms with E-state index in [4.69, 9.17) is 0 Å². The van der Waals surface area contributed by atoms with E-state index in [9.17, 15) is 23.2 Å². The normalized spacial score (nSPS) is 12.4. The number of benzene rings is 1. The third kappa shape index (κ3) is 4.49. The lowest BCUT2D eigenvalue weighted by atomic mass is 10.2. The number of nitriles is 1. The zero-order valence-corrected chi connectivity index (χ0v) is 18.1. The van der Waals surface area contributed by atoms with Gasteiger partial charge in [-0.05, 0) is 31.2 Å². The first-order valence-electron chi connectivity index (χ1n) is 9.58. The van der Waals surface area contributed by atoms with Gasteiger partial charge in [-0.3, -0.25) is 4.79 Å². The highest BCUT2D eigenvalue weighted by Gasteiger charge is 2.30. The number of carbonyl (C=O) groups is 1. The van der Waals surface area contributed by atoms with Gasteiger partial charge < -0.3 is 15.2 Å². The average molecular weight is 471 g/mol. The van der Waals surface area contributed by atoms with E-state index in [1.165, 1.54) is 29.8 Å². The molecular weight excluding hydrogens is 455 g/mol. The summed E-state index contributed by atoms with van der Waals surface area (Å²) < 4.78 is 39.8. The highest BCUT2D eigenvalue weighted by atomic mass is 32.1. The van der Waals surface area contributed by atoms with Crippen LogP contribution in [0.1, 0.15) is 39.5 Å². The molecule has 1 unspecified atom stereocenters. The molecule has 8 nitrogen and oxygen atoms in total. The molecule has 1 atom stereocenters. The number of hydrogen-bond donors (Lipinski definition) is 2. The first-order valence-corrected chi connectivity index (χ1v) is 10.4. The Hall–Kier alpha value is -3.98. The van der Waals surface area contributed by atoms with Gasteiger partial charge in [-0.1, -0.05) is 11.3 Å². The van der Waals surface area contributed by atoms with Crippen LogP contribution in [0, 0.1) is 11.3 Å². The number of amides is 1. The summed E-state index contributed by atoms with van der Waals surface area (Å²) in [6.07, 6.45) is 0.0220. The maximum atomic E-state index is 12.9. The molecule has 0 saturated carbocycles. The minimum absolute atomic E-state index is 0.0941. The van der Waals surface area contributed by atoms with Crippen LogP contribution < -0.4 is 10.6 Å². The van der Waals surface area contributed by atoms with Crippen molar-refractivity contribution in [2.45, 2.75) is 19.1 Å². The molecule has 1 amide bonds. The number of carbonyl (C=O) groups excluding carboxylic acids is 1. The highest BCUT2D eigenvalue weighted by molar-refractivity contribution is 7.15. The number of fused-ring (bicyclic) bond motifs is 1. The molecule has 168 valence electrons. The monoisotopic (exact) mass is 471 g/mol. The van der Waals surface area contributed by atoms with Crippen LogP contribution in [-0.2, 0) is 13.2 Å². The molecular formula is C21H16F3N7OS. The molecule has 4 aromatic rings. The third-order valence-electron chi connectivity index (χ3n) is 4.85. The fourth-order valence-corrected chi connectivity index (χ4v) is 4.05. The number of thiazole rings is 1. The van der Waals surface area contributed by atoms with Crippen LogP contribution in [0.2, 0.25) is 0 Å². The second kappa shape index (κ2) is 8.51. The molecule has 0 aliphatic carbocycles. The zero-order chi connectivity index (χ0) is 23.8. The predicted octanol–water partition coefficient (Wildman–Crippen LogP) is 4.55. The molecule has 0 radical (unpaired) electrons. The summed E-state index contributed by atoms with van der Waals surface area (Å²) in [6.45, 7) is 1.77.